The fourth-order valence-electron chi connectivity index (χ4n) is 7.25. The molecule has 0 radical (unpaired) electrons. The lowest BCUT2D eigenvalue weighted by Crippen LogP contribution is -2.76. The fraction of sp³-hybridized carbons (Fsp3) is 0.464. The van der Waals surface area contributed by atoms with Gasteiger partial charge < -0.3 is 28.8 Å². The Labute approximate surface area is 213 Å². The van der Waals surface area contributed by atoms with Crippen LogP contribution < -0.4 is 20.3 Å². The summed E-state index contributed by atoms with van der Waals surface area (Å²) >= 11 is 0. The van der Waals surface area contributed by atoms with E-state index in [4.69, 9.17) is 23.9 Å². The number of methoxy groups -OCH3 is 1. The summed E-state index contributed by atoms with van der Waals surface area (Å²) in [7, 11) is 1.60. The number of benzene rings is 1. The number of nitrogens with one attached hydrogen (secondary N) is 1. The maximum absolute atomic E-state index is 13.8. The molecule has 5 aliphatic rings. The SMILES string of the molecule is CCNC12CC(c3c4c(nc5cc6c(cc35)OCO6)-c3cc(C(C)OC)c(COC=O)c(=O)n3C4)(C1)C2. The van der Waals surface area contributed by atoms with Crippen LogP contribution in [0, 0.1) is 0 Å². The highest BCUT2D eigenvalue weighted by atomic mass is 16.7. The van der Waals surface area contributed by atoms with Crippen LogP contribution in [0.15, 0.2) is 23.0 Å². The normalized spacial score (nSPS) is 24.7. The first-order valence-corrected chi connectivity index (χ1v) is 12.8. The van der Waals surface area contributed by atoms with Gasteiger partial charge in [0.15, 0.2) is 11.5 Å². The first-order valence-electron chi connectivity index (χ1n) is 12.8. The van der Waals surface area contributed by atoms with Crippen molar-refractivity contribution in [2.75, 3.05) is 20.4 Å². The molecule has 2 aliphatic heterocycles. The van der Waals surface area contributed by atoms with E-state index in [9.17, 15) is 9.59 Å². The largest absolute Gasteiger partial charge is 0.463 e. The summed E-state index contributed by atoms with van der Waals surface area (Å²) in [5, 5.41) is 4.76. The summed E-state index contributed by atoms with van der Waals surface area (Å²) in [5.41, 5.74) is 6.04. The van der Waals surface area contributed by atoms with Crippen LogP contribution >= 0.6 is 0 Å². The number of carbonyl (C=O) groups excluding carboxylic acids is 1. The summed E-state index contributed by atoms with van der Waals surface area (Å²) < 4.78 is 23.8. The quantitative estimate of drug-likeness (QED) is 0.366. The van der Waals surface area contributed by atoms with Crippen LogP contribution in [0.5, 0.6) is 11.5 Å². The second-order valence-corrected chi connectivity index (χ2v) is 10.8. The van der Waals surface area contributed by atoms with E-state index in [0.717, 1.165) is 59.4 Å². The first kappa shape index (κ1) is 22.7. The Hall–Kier alpha value is -3.43. The van der Waals surface area contributed by atoms with Gasteiger partial charge in [-0.25, -0.2) is 4.98 Å². The van der Waals surface area contributed by atoms with Crippen LogP contribution in [0.2, 0.25) is 0 Å². The topological polar surface area (TPSA) is 101 Å². The van der Waals surface area contributed by atoms with Gasteiger partial charge in [-0.2, -0.15) is 0 Å². The molecule has 1 aromatic carbocycles. The Bertz CT molecular complexity index is 1520. The molecule has 1 N–H and O–H groups in total. The molecule has 3 aromatic rings. The van der Waals surface area contributed by atoms with Crippen molar-refractivity contribution in [1.29, 1.82) is 0 Å². The monoisotopic (exact) mass is 503 g/mol. The summed E-state index contributed by atoms with van der Waals surface area (Å²) in [4.78, 5) is 29.8. The lowest BCUT2D eigenvalue weighted by Gasteiger charge is -2.71. The van der Waals surface area contributed by atoms with Crippen molar-refractivity contribution in [3.63, 3.8) is 0 Å². The average Bonchev–Trinajstić information content (AvgIpc) is 3.46. The molecule has 3 fully saturated rings. The van der Waals surface area contributed by atoms with Crippen molar-refractivity contribution in [2.24, 2.45) is 0 Å². The van der Waals surface area contributed by atoms with Gasteiger partial charge in [0.05, 0.1) is 35.1 Å². The van der Waals surface area contributed by atoms with E-state index < -0.39 is 0 Å². The maximum atomic E-state index is 13.8. The zero-order chi connectivity index (χ0) is 25.5. The average molecular weight is 504 g/mol. The lowest BCUT2D eigenvalue weighted by molar-refractivity contribution is -0.129. The van der Waals surface area contributed by atoms with Gasteiger partial charge in [0.25, 0.3) is 12.0 Å². The van der Waals surface area contributed by atoms with E-state index in [1.807, 2.05) is 19.1 Å². The van der Waals surface area contributed by atoms with Crippen LogP contribution in [0.1, 0.15) is 61.5 Å². The Morgan fingerprint density at radius 3 is 2.68 bits per heavy atom. The zero-order valence-corrected chi connectivity index (χ0v) is 21.2. The number of fused-ring (bicyclic) bond motifs is 5. The molecule has 9 heteroatoms. The molecule has 4 heterocycles. The van der Waals surface area contributed by atoms with Crippen LogP contribution in [0.3, 0.4) is 0 Å². The lowest BCUT2D eigenvalue weighted by atomic mass is 9.37. The highest BCUT2D eigenvalue weighted by Crippen LogP contribution is 2.69. The van der Waals surface area contributed by atoms with Gasteiger partial charge in [0, 0.05) is 35.1 Å². The van der Waals surface area contributed by atoms with Crippen molar-refractivity contribution in [2.45, 2.75) is 63.3 Å². The number of hydrogen-bond donors (Lipinski definition) is 1. The minimum Gasteiger partial charge on any atom is -0.463 e. The molecule has 3 aliphatic carbocycles. The number of carbonyl (C=O) groups is 1. The summed E-state index contributed by atoms with van der Waals surface area (Å²) in [6.07, 6.45) is 2.87. The fourth-order valence-corrected chi connectivity index (χ4v) is 7.25. The molecule has 1 atom stereocenters. The molecule has 2 bridgehead atoms. The van der Waals surface area contributed by atoms with Crippen molar-refractivity contribution in [3.8, 4) is 22.9 Å². The maximum Gasteiger partial charge on any atom is 0.293 e. The first-order chi connectivity index (χ1) is 17.9. The molecule has 0 saturated heterocycles. The third-order valence-corrected chi connectivity index (χ3v) is 8.77. The highest BCUT2D eigenvalue weighted by Gasteiger charge is 2.69. The van der Waals surface area contributed by atoms with Crippen molar-refractivity contribution in [1.82, 2.24) is 14.9 Å². The Morgan fingerprint density at radius 2 is 1.97 bits per heavy atom. The zero-order valence-electron chi connectivity index (χ0n) is 21.2. The van der Waals surface area contributed by atoms with Crippen LogP contribution in [-0.4, -0.2) is 42.0 Å². The van der Waals surface area contributed by atoms with E-state index in [1.54, 1.807) is 11.7 Å². The van der Waals surface area contributed by atoms with E-state index in [1.165, 1.54) is 5.56 Å². The number of aromatic nitrogens is 2. The van der Waals surface area contributed by atoms with Gasteiger partial charge in [-0.1, -0.05) is 6.92 Å². The number of pyridine rings is 2. The minimum atomic E-state index is -0.348. The van der Waals surface area contributed by atoms with Gasteiger partial charge in [0.1, 0.15) is 6.61 Å². The Balaban J connectivity index is 1.45. The molecular weight excluding hydrogens is 474 g/mol. The predicted octanol–water partition coefficient (Wildman–Crippen LogP) is 3.32. The highest BCUT2D eigenvalue weighted by molar-refractivity contribution is 5.92. The van der Waals surface area contributed by atoms with Crippen molar-refractivity contribution in [3.05, 3.63) is 50.8 Å². The summed E-state index contributed by atoms with van der Waals surface area (Å²) in [6.45, 7) is 5.90. The second kappa shape index (κ2) is 7.79. The van der Waals surface area contributed by atoms with Crippen LogP contribution in [0.25, 0.3) is 22.3 Å². The summed E-state index contributed by atoms with van der Waals surface area (Å²) in [5.74, 6) is 1.43. The van der Waals surface area contributed by atoms with E-state index in [0.29, 0.717) is 29.9 Å². The van der Waals surface area contributed by atoms with Gasteiger partial charge >= 0.3 is 0 Å². The molecule has 8 rings (SSSR count). The molecule has 37 heavy (non-hydrogen) atoms. The predicted molar refractivity (Wildman–Crippen MR) is 135 cm³/mol. The third kappa shape index (κ3) is 3.01. The van der Waals surface area contributed by atoms with Crippen LogP contribution in [0.4, 0.5) is 0 Å². The minimum absolute atomic E-state index is 0.0545. The van der Waals surface area contributed by atoms with E-state index in [2.05, 4.69) is 18.3 Å². The standard InChI is InChI=1S/C28H29N3O6/c1-4-29-28-10-27(11-28,12-28)24-17-6-22-23(37-14-36-22)7-20(17)30-25-18(24)8-31-21(25)5-16(15(2)34-3)19(26(31)33)9-35-13-32/h5-7,13,15,29H,4,8-12,14H2,1-3H3. The number of hydrogen-bond acceptors (Lipinski definition) is 8. The van der Waals surface area contributed by atoms with Gasteiger partial charge in [0.2, 0.25) is 6.79 Å². The number of rotatable bonds is 8. The van der Waals surface area contributed by atoms with Gasteiger partial charge in [-0.05, 0) is 56.0 Å². The smallest absolute Gasteiger partial charge is 0.293 e. The van der Waals surface area contributed by atoms with Gasteiger partial charge in [-0.15, -0.1) is 0 Å². The molecule has 3 saturated carbocycles. The molecule has 1 unspecified atom stereocenters. The number of nitrogens with zero attached hydrogens (tertiary/aromatic N) is 2. The molecule has 192 valence electrons. The molecule has 9 nitrogen and oxygen atoms in total. The Morgan fingerprint density at radius 1 is 1.22 bits per heavy atom. The third-order valence-electron chi connectivity index (χ3n) is 8.77. The Kier molecular flexibility index (Phi) is 4.79. The molecule has 0 amide bonds. The van der Waals surface area contributed by atoms with Crippen molar-refractivity contribution >= 4 is 17.4 Å². The molecule has 2 aromatic heterocycles. The van der Waals surface area contributed by atoms with Crippen LogP contribution in [-0.2, 0) is 32.8 Å². The summed E-state index contributed by atoms with van der Waals surface area (Å²) in [6, 6.07) is 6.00. The van der Waals surface area contributed by atoms with Gasteiger partial charge in [-0.3, -0.25) is 9.59 Å². The second-order valence-electron chi connectivity index (χ2n) is 10.8. The van der Waals surface area contributed by atoms with E-state index in [-0.39, 0.29) is 36.0 Å². The van der Waals surface area contributed by atoms with E-state index >= 15 is 0 Å². The van der Waals surface area contributed by atoms with Crippen molar-refractivity contribution < 1.29 is 23.7 Å². The molecule has 0 spiro atoms. The molecular formula is C28H29N3O6. The number of ether oxygens (including phenoxy) is 4.